The summed E-state index contributed by atoms with van der Waals surface area (Å²) >= 11 is 0. The maximum Gasteiger partial charge on any atom is 0.337 e. The summed E-state index contributed by atoms with van der Waals surface area (Å²) in [5.41, 5.74) is 0.440. The van der Waals surface area contributed by atoms with E-state index in [2.05, 4.69) is 9.97 Å². The number of pyridine rings is 2. The second-order valence-corrected chi connectivity index (χ2v) is 3.09. The smallest absolute Gasteiger partial charge is 0.337 e. The van der Waals surface area contributed by atoms with Crippen molar-refractivity contribution in [2.75, 3.05) is 0 Å². The Labute approximate surface area is 119 Å². The van der Waals surface area contributed by atoms with E-state index < -0.39 is 11.9 Å². The van der Waals surface area contributed by atoms with E-state index in [9.17, 15) is 9.59 Å². The molecule has 0 spiro atoms. The van der Waals surface area contributed by atoms with Crippen molar-refractivity contribution in [2.24, 2.45) is 0 Å². The summed E-state index contributed by atoms with van der Waals surface area (Å²) in [6.45, 7) is 0. The van der Waals surface area contributed by atoms with Gasteiger partial charge in [0, 0.05) is 41.6 Å². The number of carboxylic acid groups (broad SMARTS) is 2. The van der Waals surface area contributed by atoms with E-state index in [-0.39, 0.29) is 27.9 Å². The number of rotatable bonds is 2. The number of aromatic carboxylic acids is 2. The van der Waals surface area contributed by atoms with Gasteiger partial charge in [0.25, 0.3) is 0 Å². The van der Waals surface area contributed by atoms with Crippen LogP contribution in [0.15, 0.2) is 49.1 Å². The molecule has 0 saturated heterocycles. The van der Waals surface area contributed by atoms with Gasteiger partial charge in [0.15, 0.2) is 0 Å². The van der Waals surface area contributed by atoms with Crippen LogP contribution in [0.2, 0.25) is 0 Å². The van der Waals surface area contributed by atoms with Crippen molar-refractivity contribution >= 4 is 11.9 Å². The fourth-order valence-corrected chi connectivity index (χ4v) is 0.979. The Morgan fingerprint density at radius 1 is 0.842 bits per heavy atom. The minimum Gasteiger partial charge on any atom is -0.478 e. The van der Waals surface area contributed by atoms with Gasteiger partial charge in [0.2, 0.25) is 0 Å². The summed E-state index contributed by atoms with van der Waals surface area (Å²) < 4.78 is 0. The normalized spacial score (nSPS) is 8.42. The van der Waals surface area contributed by atoms with Gasteiger partial charge in [0.05, 0.1) is 11.1 Å². The monoisotopic (exact) mass is 305 g/mol. The number of aromatic nitrogens is 2. The maximum absolute atomic E-state index is 10.2. The molecule has 0 amide bonds. The molecule has 0 aliphatic carbocycles. The van der Waals surface area contributed by atoms with Gasteiger partial charge in [-0.05, 0) is 24.3 Å². The second kappa shape index (κ2) is 8.78. The third-order valence-electron chi connectivity index (χ3n) is 1.82. The fraction of sp³-hybridized carbons (Fsp3) is 0. The number of nitrogens with zero attached hydrogens (tertiary/aromatic N) is 2. The zero-order valence-electron chi connectivity index (χ0n) is 9.56. The topological polar surface area (TPSA) is 100 Å². The molecule has 0 fully saturated rings. The SMILES string of the molecule is O=C(O)c1cccnc1.O=C(O)c1cccnc1.[Co]. The van der Waals surface area contributed by atoms with Crippen molar-refractivity contribution in [3.63, 3.8) is 0 Å². The maximum atomic E-state index is 10.2. The van der Waals surface area contributed by atoms with E-state index >= 15 is 0 Å². The van der Waals surface area contributed by atoms with Crippen LogP contribution in [0.4, 0.5) is 0 Å². The van der Waals surface area contributed by atoms with Gasteiger partial charge >= 0.3 is 11.9 Å². The average molecular weight is 305 g/mol. The minimum atomic E-state index is -0.942. The van der Waals surface area contributed by atoms with Crippen LogP contribution in [0.25, 0.3) is 0 Å². The van der Waals surface area contributed by atoms with Crippen molar-refractivity contribution in [2.45, 2.75) is 0 Å². The molecule has 0 atom stereocenters. The van der Waals surface area contributed by atoms with Crippen LogP contribution < -0.4 is 0 Å². The summed E-state index contributed by atoms with van der Waals surface area (Å²) in [6, 6.07) is 6.16. The third-order valence-corrected chi connectivity index (χ3v) is 1.82. The molecule has 2 aromatic rings. The van der Waals surface area contributed by atoms with Crippen LogP contribution in [-0.2, 0) is 16.8 Å². The third kappa shape index (κ3) is 6.29. The van der Waals surface area contributed by atoms with Crippen molar-refractivity contribution in [1.82, 2.24) is 9.97 Å². The molecular weight excluding hydrogens is 295 g/mol. The molecule has 0 saturated carbocycles. The number of hydrogen-bond acceptors (Lipinski definition) is 4. The predicted octanol–water partition coefficient (Wildman–Crippen LogP) is 1.56. The molecule has 6 nitrogen and oxygen atoms in total. The van der Waals surface area contributed by atoms with E-state index in [1.807, 2.05) is 0 Å². The van der Waals surface area contributed by atoms with Gasteiger partial charge in [-0.15, -0.1) is 0 Å². The number of carbonyl (C=O) groups is 2. The molecule has 0 aromatic carbocycles. The average Bonchev–Trinajstić information content (AvgIpc) is 2.41. The van der Waals surface area contributed by atoms with E-state index in [1.165, 1.54) is 36.9 Å². The van der Waals surface area contributed by atoms with Crippen LogP contribution in [-0.4, -0.2) is 32.1 Å². The number of hydrogen-bond donors (Lipinski definition) is 2. The molecule has 19 heavy (non-hydrogen) atoms. The zero-order valence-corrected chi connectivity index (χ0v) is 10.6. The molecule has 0 aliphatic heterocycles. The molecule has 2 rings (SSSR count). The first-order chi connectivity index (χ1) is 8.61. The molecule has 0 unspecified atom stereocenters. The summed E-state index contributed by atoms with van der Waals surface area (Å²) in [6.07, 6.45) is 5.68. The summed E-state index contributed by atoms with van der Waals surface area (Å²) in [5, 5.41) is 16.7. The van der Waals surface area contributed by atoms with Gasteiger partial charge in [-0.3, -0.25) is 9.97 Å². The molecule has 0 aliphatic rings. The molecule has 2 aromatic heterocycles. The van der Waals surface area contributed by atoms with Gasteiger partial charge in [0.1, 0.15) is 0 Å². The fourth-order valence-electron chi connectivity index (χ4n) is 0.979. The minimum absolute atomic E-state index is 0. The van der Waals surface area contributed by atoms with Crippen LogP contribution in [0, 0.1) is 0 Å². The zero-order chi connectivity index (χ0) is 13.4. The Morgan fingerprint density at radius 2 is 1.21 bits per heavy atom. The first-order valence-corrected chi connectivity index (χ1v) is 4.88. The van der Waals surface area contributed by atoms with Crippen LogP contribution in [0.5, 0.6) is 0 Å². The van der Waals surface area contributed by atoms with Crippen molar-refractivity contribution in [3.05, 3.63) is 60.2 Å². The molecule has 2 N–H and O–H groups in total. The van der Waals surface area contributed by atoms with Crippen LogP contribution >= 0.6 is 0 Å². The van der Waals surface area contributed by atoms with E-state index in [4.69, 9.17) is 10.2 Å². The Hall–Kier alpha value is -2.25. The summed E-state index contributed by atoms with van der Waals surface area (Å²) in [4.78, 5) is 27.6. The molecular formula is C12H10CoN2O4. The molecule has 2 heterocycles. The van der Waals surface area contributed by atoms with Crippen LogP contribution in [0.3, 0.4) is 0 Å². The molecule has 101 valence electrons. The van der Waals surface area contributed by atoms with Crippen molar-refractivity contribution in [1.29, 1.82) is 0 Å². The van der Waals surface area contributed by atoms with Gasteiger partial charge in [-0.25, -0.2) is 9.59 Å². The van der Waals surface area contributed by atoms with Crippen molar-refractivity contribution in [3.8, 4) is 0 Å². The quantitative estimate of drug-likeness (QED) is 0.873. The van der Waals surface area contributed by atoms with E-state index in [1.54, 1.807) is 12.1 Å². The predicted molar refractivity (Wildman–Crippen MR) is 62.4 cm³/mol. The number of carboxylic acids is 2. The van der Waals surface area contributed by atoms with E-state index in [0.29, 0.717) is 0 Å². The Morgan fingerprint density at radius 3 is 1.37 bits per heavy atom. The Balaban J connectivity index is 0.000000324. The van der Waals surface area contributed by atoms with Gasteiger partial charge in [-0.2, -0.15) is 0 Å². The first-order valence-electron chi connectivity index (χ1n) is 4.88. The van der Waals surface area contributed by atoms with Crippen molar-refractivity contribution < 1.29 is 36.6 Å². The summed E-state index contributed by atoms with van der Waals surface area (Å²) in [5.74, 6) is -1.88. The van der Waals surface area contributed by atoms with Gasteiger partial charge in [-0.1, -0.05) is 0 Å². The van der Waals surface area contributed by atoms with E-state index in [0.717, 1.165) is 0 Å². The molecule has 0 bridgehead atoms. The first kappa shape index (κ1) is 16.7. The molecule has 1 radical (unpaired) electrons. The van der Waals surface area contributed by atoms with Gasteiger partial charge < -0.3 is 10.2 Å². The Kier molecular flexibility index (Phi) is 7.74. The summed E-state index contributed by atoms with van der Waals surface area (Å²) in [7, 11) is 0. The second-order valence-electron chi connectivity index (χ2n) is 3.09. The standard InChI is InChI=1S/2C6H5NO2.Co/c2*8-6(9)5-2-1-3-7-4-5;/h2*1-4H,(H,8,9);. The van der Waals surface area contributed by atoms with Crippen LogP contribution in [0.1, 0.15) is 20.7 Å². The molecule has 7 heteroatoms. The Bertz CT molecular complexity index is 470. The largest absolute Gasteiger partial charge is 0.478 e.